The molecule has 7 nitrogen and oxygen atoms in total. The maximum atomic E-state index is 11.6. The van der Waals surface area contributed by atoms with E-state index in [1.165, 1.54) is 11.3 Å². The minimum Gasteiger partial charge on any atom is -0.480 e. The highest BCUT2D eigenvalue weighted by Gasteiger charge is 2.18. The monoisotopic (exact) mass is 300 g/mol. The fraction of sp³-hybridized carbons (Fsp3) is 0.417. The number of thiophene rings is 1. The van der Waals surface area contributed by atoms with Crippen LogP contribution < -0.4 is 10.6 Å². The first-order valence-corrected chi connectivity index (χ1v) is 6.92. The lowest BCUT2D eigenvalue weighted by atomic mass is 10.2. The molecule has 1 aromatic rings. The van der Waals surface area contributed by atoms with Gasteiger partial charge in [-0.25, -0.2) is 4.79 Å². The number of nitrogens with one attached hydrogen (secondary N) is 2. The Bertz CT molecular complexity index is 460. The van der Waals surface area contributed by atoms with Crippen molar-refractivity contribution in [1.29, 1.82) is 0 Å². The second-order valence-electron chi connectivity index (χ2n) is 3.99. The summed E-state index contributed by atoms with van der Waals surface area (Å²) in [7, 11) is 0. The molecule has 0 saturated carbocycles. The minimum atomic E-state index is -1.20. The Labute approximate surface area is 119 Å². The van der Waals surface area contributed by atoms with Crippen LogP contribution in [0.25, 0.3) is 0 Å². The minimum absolute atomic E-state index is 0.0227. The summed E-state index contributed by atoms with van der Waals surface area (Å²) in [5, 5.41) is 25.8. The molecule has 1 atom stereocenters. The number of rotatable bonds is 8. The van der Waals surface area contributed by atoms with Gasteiger partial charge in [0, 0.05) is 36.9 Å². The topological polar surface area (TPSA) is 116 Å². The first kappa shape index (κ1) is 16.1. The van der Waals surface area contributed by atoms with Gasteiger partial charge in [-0.1, -0.05) is 0 Å². The summed E-state index contributed by atoms with van der Waals surface area (Å²) in [5.74, 6) is -1.96. The van der Waals surface area contributed by atoms with E-state index < -0.39 is 17.9 Å². The van der Waals surface area contributed by atoms with Crippen LogP contribution >= 0.6 is 11.3 Å². The summed E-state index contributed by atoms with van der Waals surface area (Å²) in [4.78, 5) is 33.8. The van der Waals surface area contributed by atoms with E-state index in [2.05, 4.69) is 10.6 Å². The van der Waals surface area contributed by atoms with Crippen LogP contribution in [0.1, 0.15) is 23.2 Å². The van der Waals surface area contributed by atoms with E-state index in [-0.39, 0.29) is 31.9 Å². The standard InChI is InChI=1S/C12H16N2O5S/c15-5-2-9(12(18)19)14-10(16)1-4-13-11(17)8-3-6-20-7-8/h3,6-7,9,15H,1-2,4-5H2,(H,13,17)(H,14,16)(H,18,19)/t9-/m0/s1. The van der Waals surface area contributed by atoms with Crippen molar-refractivity contribution in [2.24, 2.45) is 0 Å². The zero-order valence-corrected chi connectivity index (χ0v) is 11.5. The van der Waals surface area contributed by atoms with Gasteiger partial charge in [0.1, 0.15) is 6.04 Å². The summed E-state index contributed by atoms with van der Waals surface area (Å²) in [5.41, 5.74) is 0.527. The molecule has 0 spiro atoms. The van der Waals surface area contributed by atoms with Gasteiger partial charge >= 0.3 is 5.97 Å². The Morgan fingerprint density at radius 2 is 2.10 bits per heavy atom. The lowest BCUT2D eigenvalue weighted by Gasteiger charge is -2.13. The number of aliphatic hydroxyl groups is 1. The SMILES string of the molecule is O=C(CCNC(=O)c1ccsc1)N[C@@H](CCO)C(=O)O. The van der Waals surface area contributed by atoms with E-state index in [1.807, 2.05) is 0 Å². The number of carboxylic acid groups (broad SMARTS) is 1. The van der Waals surface area contributed by atoms with Gasteiger partial charge in [0.15, 0.2) is 0 Å². The number of hydrogen-bond acceptors (Lipinski definition) is 5. The largest absolute Gasteiger partial charge is 0.480 e. The Kier molecular flexibility index (Phi) is 6.68. The average Bonchev–Trinajstić information content (AvgIpc) is 2.91. The molecule has 0 aromatic carbocycles. The van der Waals surface area contributed by atoms with Crippen LogP contribution in [0, 0.1) is 0 Å². The Hall–Kier alpha value is -1.93. The number of carboxylic acids is 1. The van der Waals surface area contributed by atoms with E-state index in [1.54, 1.807) is 16.8 Å². The van der Waals surface area contributed by atoms with Gasteiger partial charge in [-0.05, 0) is 11.4 Å². The van der Waals surface area contributed by atoms with Crippen LogP contribution in [0.2, 0.25) is 0 Å². The molecule has 2 amide bonds. The van der Waals surface area contributed by atoms with Crippen LogP contribution in [0.5, 0.6) is 0 Å². The summed E-state index contributed by atoms with van der Waals surface area (Å²) in [6.07, 6.45) is -0.0760. The molecule has 0 bridgehead atoms. The fourth-order valence-electron chi connectivity index (χ4n) is 1.44. The van der Waals surface area contributed by atoms with Gasteiger partial charge in [0.05, 0.1) is 0 Å². The number of hydrogen-bond donors (Lipinski definition) is 4. The third-order valence-electron chi connectivity index (χ3n) is 2.47. The summed E-state index contributed by atoms with van der Waals surface area (Å²) in [6.45, 7) is -0.210. The fourth-order valence-corrected chi connectivity index (χ4v) is 2.07. The maximum absolute atomic E-state index is 11.6. The molecule has 0 saturated heterocycles. The summed E-state index contributed by atoms with van der Waals surface area (Å²) < 4.78 is 0. The third kappa shape index (κ3) is 5.37. The molecule has 4 N–H and O–H groups in total. The zero-order valence-electron chi connectivity index (χ0n) is 10.7. The predicted molar refractivity (Wildman–Crippen MR) is 72.5 cm³/mol. The Morgan fingerprint density at radius 3 is 2.65 bits per heavy atom. The number of carbonyl (C=O) groups excluding carboxylic acids is 2. The van der Waals surface area contributed by atoms with E-state index in [0.717, 1.165) is 0 Å². The molecule has 0 aliphatic carbocycles. The highest BCUT2D eigenvalue weighted by Crippen LogP contribution is 2.05. The molecule has 20 heavy (non-hydrogen) atoms. The van der Waals surface area contributed by atoms with Crippen molar-refractivity contribution in [3.63, 3.8) is 0 Å². The van der Waals surface area contributed by atoms with Gasteiger partial charge in [0.2, 0.25) is 5.91 Å². The Morgan fingerprint density at radius 1 is 1.35 bits per heavy atom. The molecule has 1 rings (SSSR count). The van der Waals surface area contributed by atoms with Gasteiger partial charge in [0.25, 0.3) is 5.91 Å². The van der Waals surface area contributed by atoms with Crippen molar-refractivity contribution in [2.45, 2.75) is 18.9 Å². The molecule has 0 aliphatic heterocycles. The van der Waals surface area contributed by atoms with Gasteiger partial charge in [-0.2, -0.15) is 11.3 Å². The van der Waals surface area contributed by atoms with Gasteiger partial charge in [-0.15, -0.1) is 0 Å². The van der Waals surface area contributed by atoms with Crippen LogP contribution in [-0.2, 0) is 9.59 Å². The predicted octanol–water partition coefficient (Wildman–Crippen LogP) is -0.180. The number of carbonyl (C=O) groups is 3. The molecule has 110 valence electrons. The van der Waals surface area contributed by atoms with Crippen molar-refractivity contribution in [3.8, 4) is 0 Å². The molecule has 0 unspecified atom stereocenters. The number of amides is 2. The van der Waals surface area contributed by atoms with Crippen molar-refractivity contribution < 1.29 is 24.6 Å². The molecule has 0 aliphatic rings. The molecule has 0 radical (unpaired) electrons. The third-order valence-corrected chi connectivity index (χ3v) is 3.16. The maximum Gasteiger partial charge on any atom is 0.326 e. The second-order valence-corrected chi connectivity index (χ2v) is 4.77. The number of aliphatic hydroxyl groups excluding tert-OH is 1. The van der Waals surface area contributed by atoms with Crippen LogP contribution in [0.4, 0.5) is 0 Å². The summed E-state index contributed by atoms with van der Waals surface area (Å²) >= 11 is 1.40. The van der Waals surface area contributed by atoms with Gasteiger partial charge in [-0.3, -0.25) is 9.59 Å². The first-order valence-electron chi connectivity index (χ1n) is 5.98. The van der Waals surface area contributed by atoms with E-state index in [9.17, 15) is 14.4 Å². The lowest BCUT2D eigenvalue weighted by Crippen LogP contribution is -2.42. The highest BCUT2D eigenvalue weighted by atomic mass is 32.1. The molecule has 1 heterocycles. The number of aliphatic carboxylic acids is 1. The van der Waals surface area contributed by atoms with Crippen molar-refractivity contribution in [2.75, 3.05) is 13.2 Å². The highest BCUT2D eigenvalue weighted by molar-refractivity contribution is 7.08. The van der Waals surface area contributed by atoms with Crippen molar-refractivity contribution in [3.05, 3.63) is 22.4 Å². The smallest absolute Gasteiger partial charge is 0.326 e. The van der Waals surface area contributed by atoms with E-state index in [4.69, 9.17) is 10.2 Å². The molecule has 8 heteroatoms. The quantitative estimate of drug-likeness (QED) is 0.531. The van der Waals surface area contributed by atoms with E-state index in [0.29, 0.717) is 5.56 Å². The van der Waals surface area contributed by atoms with Crippen molar-refractivity contribution >= 4 is 29.1 Å². The average molecular weight is 300 g/mol. The van der Waals surface area contributed by atoms with Crippen molar-refractivity contribution in [1.82, 2.24) is 10.6 Å². The van der Waals surface area contributed by atoms with Crippen LogP contribution in [0.3, 0.4) is 0 Å². The molecule has 1 aromatic heterocycles. The normalized spacial score (nSPS) is 11.7. The molecule has 0 fully saturated rings. The van der Waals surface area contributed by atoms with Crippen LogP contribution in [-0.4, -0.2) is 47.2 Å². The molecular formula is C12H16N2O5S. The van der Waals surface area contributed by atoms with E-state index >= 15 is 0 Å². The second kappa shape index (κ2) is 8.28. The lowest BCUT2D eigenvalue weighted by molar-refractivity contribution is -0.142. The van der Waals surface area contributed by atoms with Crippen LogP contribution in [0.15, 0.2) is 16.8 Å². The zero-order chi connectivity index (χ0) is 15.0. The van der Waals surface area contributed by atoms with Gasteiger partial charge < -0.3 is 20.8 Å². The Balaban J connectivity index is 2.29. The first-order chi connectivity index (χ1) is 9.54. The molecular weight excluding hydrogens is 284 g/mol. The summed E-state index contributed by atoms with van der Waals surface area (Å²) in [6, 6.07) is 0.557.